The van der Waals surface area contributed by atoms with Crippen LogP contribution in [0.5, 0.6) is 0 Å². The molecule has 3 nitrogen and oxygen atoms in total. The van der Waals surface area contributed by atoms with Crippen molar-refractivity contribution >= 4 is 17.3 Å². The van der Waals surface area contributed by atoms with Crippen molar-refractivity contribution in [3.8, 4) is 0 Å². The van der Waals surface area contributed by atoms with Crippen LogP contribution in [0.15, 0.2) is 24.5 Å². The zero-order valence-electron chi connectivity index (χ0n) is 8.72. The molecule has 1 aromatic carbocycles. The molecule has 16 heavy (non-hydrogen) atoms. The summed E-state index contributed by atoms with van der Waals surface area (Å²) in [6.45, 7) is 2.40. The number of hydrogen-bond acceptors (Lipinski definition) is 2. The second-order valence-electron chi connectivity index (χ2n) is 3.45. The number of anilines is 1. The SMILES string of the molecule is Cc1[nH]cnc1CNc1ccc(Cl)cc1F. The van der Waals surface area contributed by atoms with Gasteiger partial charge < -0.3 is 10.3 Å². The molecule has 0 amide bonds. The first-order chi connectivity index (χ1) is 7.66. The van der Waals surface area contributed by atoms with Crippen LogP contribution in [-0.2, 0) is 6.54 Å². The average Bonchev–Trinajstić information content (AvgIpc) is 2.63. The molecule has 0 saturated heterocycles. The molecule has 0 unspecified atom stereocenters. The molecule has 0 aliphatic heterocycles. The summed E-state index contributed by atoms with van der Waals surface area (Å²) in [7, 11) is 0. The van der Waals surface area contributed by atoms with Crippen molar-refractivity contribution in [2.45, 2.75) is 13.5 Å². The molecule has 0 saturated carbocycles. The summed E-state index contributed by atoms with van der Waals surface area (Å²) in [4.78, 5) is 7.07. The van der Waals surface area contributed by atoms with Gasteiger partial charge in [0.1, 0.15) is 5.82 Å². The number of aromatic amines is 1. The Labute approximate surface area is 97.7 Å². The molecule has 84 valence electrons. The summed E-state index contributed by atoms with van der Waals surface area (Å²) in [6, 6.07) is 4.53. The van der Waals surface area contributed by atoms with E-state index in [1.54, 1.807) is 18.5 Å². The Bertz CT molecular complexity index is 496. The molecule has 2 rings (SSSR count). The summed E-state index contributed by atoms with van der Waals surface area (Å²) in [6.07, 6.45) is 1.62. The molecule has 0 spiro atoms. The lowest BCUT2D eigenvalue weighted by Crippen LogP contribution is -2.02. The van der Waals surface area contributed by atoms with E-state index in [1.165, 1.54) is 6.07 Å². The lowest BCUT2D eigenvalue weighted by atomic mass is 10.3. The minimum Gasteiger partial charge on any atom is -0.377 e. The quantitative estimate of drug-likeness (QED) is 0.864. The van der Waals surface area contributed by atoms with E-state index < -0.39 is 0 Å². The number of H-pyrrole nitrogens is 1. The largest absolute Gasteiger partial charge is 0.377 e. The topological polar surface area (TPSA) is 40.7 Å². The van der Waals surface area contributed by atoms with Gasteiger partial charge in [0.05, 0.1) is 24.3 Å². The lowest BCUT2D eigenvalue weighted by molar-refractivity contribution is 0.630. The molecule has 0 aliphatic rings. The highest BCUT2D eigenvalue weighted by molar-refractivity contribution is 6.30. The van der Waals surface area contributed by atoms with Crippen LogP contribution < -0.4 is 5.32 Å². The Kier molecular flexibility index (Phi) is 3.10. The van der Waals surface area contributed by atoms with E-state index in [0.717, 1.165) is 11.4 Å². The average molecular weight is 240 g/mol. The highest BCUT2D eigenvalue weighted by Crippen LogP contribution is 2.19. The van der Waals surface area contributed by atoms with Gasteiger partial charge in [-0.1, -0.05) is 11.6 Å². The van der Waals surface area contributed by atoms with Crippen molar-refractivity contribution in [1.82, 2.24) is 9.97 Å². The Morgan fingerprint density at radius 3 is 2.94 bits per heavy atom. The Morgan fingerprint density at radius 2 is 2.31 bits per heavy atom. The highest BCUT2D eigenvalue weighted by atomic mass is 35.5. The van der Waals surface area contributed by atoms with Crippen molar-refractivity contribution in [3.63, 3.8) is 0 Å². The number of nitrogens with zero attached hydrogens (tertiary/aromatic N) is 1. The Hall–Kier alpha value is -1.55. The summed E-state index contributed by atoms with van der Waals surface area (Å²) >= 11 is 5.66. The summed E-state index contributed by atoms with van der Waals surface area (Å²) in [5, 5.41) is 3.36. The predicted molar refractivity (Wildman–Crippen MR) is 62.1 cm³/mol. The molecule has 0 aliphatic carbocycles. The predicted octanol–water partition coefficient (Wildman–Crippen LogP) is 3.12. The van der Waals surface area contributed by atoms with Crippen LogP contribution in [0.1, 0.15) is 11.4 Å². The maximum atomic E-state index is 13.4. The van der Waals surface area contributed by atoms with Crippen molar-refractivity contribution in [2.75, 3.05) is 5.32 Å². The maximum absolute atomic E-state index is 13.4. The van der Waals surface area contributed by atoms with Gasteiger partial charge in [0.25, 0.3) is 0 Å². The molecular weight excluding hydrogens is 229 g/mol. The fourth-order valence-corrected chi connectivity index (χ4v) is 1.54. The van der Waals surface area contributed by atoms with Crippen molar-refractivity contribution in [2.24, 2.45) is 0 Å². The maximum Gasteiger partial charge on any atom is 0.147 e. The van der Waals surface area contributed by atoms with Crippen LogP contribution in [0.2, 0.25) is 5.02 Å². The van der Waals surface area contributed by atoms with Gasteiger partial charge in [-0.15, -0.1) is 0 Å². The van der Waals surface area contributed by atoms with Gasteiger partial charge >= 0.3 is 0 Å². The minimum atomic E-state index is -0.360. The number of benzene rings is 1. The third kappa shape index (κ3) is 2.33. The molecular formula is C11H11ClFN3. The van der Waals surface area contributed by atoms with E-state index in [2.05, 4.69) is 15.3 Å². The summed E-state index contributed by atoms with van der Waals surface area (Å²) < 4.78 is 13.4. The van der Waals surface area contributed by atoms with Gasteiger partial charge in [-0.25, -0.2) is 9.37 Å². The molecule has 1 heterocycles. The standard InChI is InChI=1S/C11H11ClFN3/c1-7-11(16-6-15-7)5-14-10-3-2-8(12)4-9(10)13/h2-4,6,14H,5H2,1H3,(H,15,16). The molecule has 2 N–H and O–H groups in total. The fraction of sp³-hybridized carbons (Fsp3) is 0.182. The second-order valence-corrected chi connectivity index (χ2v) is 3.89. The van der Waals surface area contributed by atoms with Crippen LogP contribution >= 0.6 is 11.6 Å². The minimum absolute atomic E-state index is 0.360. The first kappa shape index (κ1) is 11.0. The van der Waals surface area contributed by atoms with Gasteiger partial charge in [-0.3, -0.25) is 0 Å². The molecule has 2 aromatic rings. The fourth-order valence-electron chi connectivity index (χ4n) is 1.38. The zero-order chi connectivity index (χ0) is 11.5. The monoisotopic (exact) mass is 239 g/mol. The first-order valence-corrected chi connectivity index (χ1v) is 5.22. The lowest BCUT2D eigenvalue weighted by Gasteiger charge is -2.06. The van der Waals surface area contributed by atoms with E-state index in [4.69, 9.17) is 11.6 Å². The van der Waals surface area contributed by atoms with Crippen molar-refractivity contribution in [1.29, 1.82) is 0 Å². The Balaban J connectivity index is 2.08. The van der Waals surface area contributed by atoms with Crippen molar-refractivity contribution in [3.05, 3.63) is 46.8 Å². The van der Waals surface area contributed by atoms with Gasteiger partial charge in [-0.05, 0) is 25.1 Å². The van der Waals surface area contributed by atoms with Gasteiger partial charge in [0.2, 0.25) is 0 Å². The van der Waals surface area contributed by atoms with Gasteiger partial charge in [0.15, 0.2) is 0 Å². The van der Waals surface area contributed by atoms with E-state index >= 15 is 0 Å². The molecule has 0 atom stereocenters. The molecule has 1 aromatic heterocycles. The van der Waals surface area contributed by atoms with Crippen LogP contribution in [-0.4, -0.2) is 9.97 Å². The number of imidazole rings is 1. The number of rotatable bonds is 3. The van der Waals surface area contributed by atoms with Crippen LogP contribution in [0, 0.1) is 12.7 Å². The van der Waals surface area contributed by atoms with E-state index in [9.17, 15) is 4.39 Å². The van der Waals surface area contributed by atoms with Gasteiger partial charge in [0, 0.05) is 10.7 Å². The molecule has 0 radical (unpaired) electrons. The van der Waals surface area contributed by atoms with Crippen molar-refractivity contribution < 1.29 is 4.39 Å². The van der Waals surface area contributed by atoms with E-state index in [1.807, 2.05) is 6.92 Å². The van der Waals surface area contributed by atoms with Crippen LogP contribution in [0.3, 0.4) is 0 Å². The number of aromatic nitrogens is 2. The number of hydrogen-bond donors (Lipinski definition) is 2. The molecule has 5 heteroatoms. The normalized spacial score (nSPS) is 10.4. The smallest absolute Gasteiger partial charge is 0.147 e. The van der Waals surface area contributed by atoms with Crippen LogP contribution in [0.4, 0.5) is 10.1 Å². The first-order valence-electron chi connectivity index (χ1n) is 4.84. The number of aryl methyl sites for hydroxylation is 1. The number of halogens is 2. The highest BCUT2D eigenvalue weighted by Gasteiger charge is 2.04. The van der Waals surface area contributed by atoms with E-state index in [-0.39, 0.29) is 5.82 Å². The summed E-state index contributed by atoms with van der Waals surface area (Å²) in [5.41, 5.74) is 2.27. The third-order valence-corrected chi connectivity index (χ3v) is 2.55. The molecule has 0 fully saturated rings. The third-order valence-electron chi connectivity index (χ3n) is 2.31. The second kappa shape index (κ2) is 4.53. The number of nitrogens with one attached hydrogen (secondary N) is 2. The van der Waals surface area contributed by atoms with E-state index in [0.29, 0.717) is 17.3 Å². The Morgan fingerprint density at radius 1 is 1.50 bits per heavy atom. The zero-order valence-corrected chi connectivity index (χ0v) is 9.48. The van der Waals surface area contributed by atoms with Crippen LogP contribution in [0.25, 0.3) is 0 Å². The summed E-state index contributed by atoms with van der Waals surface area (Å²) in [5.74, 6) is -0.360. The van der Waals surface area contributed by atoms with Gasteiger partial charge in [-0.2, -0.15) is 0 Å². The molecule has 0 bridgehead atoms.